The van der Waals surface area contributed by atoms with E-state index in [-0.39, 0.29) is 0 Å². The molecule has 0 spiro atoms. The molecule has 2 aromatic rings. The van der Waals surface area contributed by atoms with Crippen molar-refractivity contribution in [3.05, 3.63) is 23.8 Å². The molecule has 4 nitrogen and oxygen atoms in total. The zero-order valence-corrected chi connectivity index (χ0v) is 8.95. The number of nitrogens with zero attached hydrogens (tertiary/aromatic N) is 2. The largest absolute Gasteiger partial charge is 0.313 e. The van der Waals surface area contributed by atoms with Crippen LogP contribution in [0.4, 0.5) is 0 Å². The number of fused-ring (bicyclic) bond motifs is 1. The lowest BCUT2D eigenvalue weighted by Crippen LogP contribution is -2.14. The van der Waals surface area contributed by atoms with E-state index in [2.05, 4.69) is 39.8 Å². The maximum atomic E-state index is 4.06. The molecular weight excluding hydrogens is 188 g/mol. The molecule has 1 aromatic heterocycles. The normalized spacial score (nSPS) is 11.0. The SMILES string of the molecule is CCCCNCc1ccc2n[nH]nc2c1. The molecule has 1 heterocycles. The Kier molecular flexibility index (Phi) is 3.29. The van der Waals surface area contributed by atoms with Gasteiger partial charge in [0.2, 0.25) is 0 Å². The van der Waals surface area contributed by atoms with Gasteiger partial charge in [0.05, 0.1) is 0 Å². The molecule has 1 aromatic carbocycles. The smallest absolute Gasteiger partial charge is 0.113 e. The first-order valence-corrected chi connectivity index (χ1v) is 5.40. The van der Waals surface area contributed by atoms with Gasteiger partial charge in [-0.3, -0.25) is 0 Å². The van der Waals surface area contributed by atoms with Crippen molar-refractivity contribution in [2.75, 3.05) is 6.54 Å². The van der Waals surface area contributed by atoms with Crippen LogP contribution in [-0.2, 0) is 6.54 Å². The molecule has 4 heteroatoms. The van der Waals surface area contributed by atoms with E-state index in [0.717, 1.165) is 24.1 Å². The summed E-state index contributed by atoms with van der Waals surface area (Å²) in [4.78, 5) is 0. The fourth-order valence-electron chi connectivity index (χ4n) is 1.53. The highest BCUT2D eigenvalue weighted by Gasteiger charge is 1.98. The van der Waals surface area contributed by atoms with E-state index < -0.39 is 0 Å². The van der Waals surface area contributed by atoms with Crippen LogP contribution in [0.15, 0.2) is 18.2 Å². The summed E-state index contributed by atoms with van der Waals surface area (Å²) in [6.07, 6.45) is 2.46. The number of rotatable bonds is 5. The van der Waals surface area contributed by atoms with Crippen molar-refractivity contribution in [3.8, 4) is 0 Å². The van der Waals surface area contributed by atoms with E-state index in [4.69, 9.17) is 0 Å². The molecule has 2 N–H and O–H groups in total. The molecule has 0 radical (unpaired) electrons. The zero-order valence-electron chi connectivity index (χ0n) is 8.95. The van der Waals surface area contributed by atoms with Gasteiger partial charge < -0.3 is 5.32 Å². The Hall–Kier alpha value is -1.42. The van der Waals surface area contributed by atoms with E-state index >= 15 is 0 Å². The molecule has 0 aliphatic rings. The molecular formula is C11H16N4. The van der Waals surface area contributed by atoms with Crippen LogP contribution in [0.2, 0.25) is 0 Å². The molecule has 0 amide bonds. The Morgan fingerprint density at radius 1 is 1.27 bits per heavy atom. The van der Waals surface area contributed by atoms with Gasteiger partial charge in [-0.15, -0.1) is 0 Å². The standard InChI is InChI=1S/C11H16N4/c1-2-3-6-12-8-9-4-5-10-11(7-9)14-15-13-10/h4-5,7,12H,2-3,6,8H2,1H3,(H,13,14,15). The van der Waals surface area contributed by atoms with Crippen LogP contribution >= 0.6 is 0 Å². The summed E-state index contributed by atoms with van der Waals surface area (Å²) >= 11 is 0. The summed E-state index contributed by atoms with van der Waals surface area (Å²) < 4.78 is 0. The number of aromatic amines is 1. The van der Waals surface area contributed by atoms with Gasteiger partial charge in [-0.25, -0.2) is 0 Å². The zero-order chi connectivity index (χ0) is 10.5. The number of unbranched alkanes of at least 4 members (excludes halogenated alkanes) is 1. The molecule has 0 saturated carbocycles. The third kappa shape index (κ3) is 2.53. The van der Waals surface area contributed by atoms with E-state index in [1.54, 1.807) is 0 Å². The van der Waals surface area contributed by atoms with Crippen LogP contribution in [0.3, 0.4) is 0 Å². The summed E-state index contributed by atoms with van der Waals surface area (Å²) in [6.45, 7) is 4.18. The second-order valence-corrected chi connectivity index (χ2v) is 3.68. The van der Waals surface area contributed by atoms with Crippen LogP contribution in [0, 0.1) is 0 Å². The van der Waals surface area contributed by atoms with Crippen LogP contribution < -0.4 is 5.32 Å². The van der Waals surface area contributed by atoms with Gasteiger partial charge >= 0.3 is 0 Å². The van der Waals surface area contributed by atoms with Gasteiger partial charge in [0.1, 0.15) is 11.0 Å². The Balaban J connectivity index is 1.96. The minimum Gasteiger partial charge on any atom is -0.313 e. The number of hydrogen-bond donors (Lipinski definition) is 2. The summed E-state index contributed by atoms with van der Waals surface area (Å²) in [5.41, 5.74) is 3.12. The Morgan fingerprint density at radius 3 is 3.00 bits per heavy atom. The highest BCUT2D eigenvalue weighted by Crippen LogP contribution is 2.10. The molecule has 0 aliphatic carbocycles. The lowest BCUT2D eigenvalue weighted by atomic mass is 10.2. The van der Waals surface area contributed by atoms with E-state index in [0.29, 0.717) is 0 Å². The average molecular weight is 204 g/mol. The molecule has 2 rings (SSSR count). The fraction of sp³-hybridized carbons (Fsp3) is 0.455. The molecule has 0 saturated heterocycles. The molecule has 0 fully saturated rings. The number of H-pyrrole nitrogens is 1. The van der Waals surface area contributed by atoms with Crippen LogP contribution in [-0.4, -0.2) is 22.0 Å². The lowest BCUT2D eigenvalue weighted by Gasteiger charge is -2.03. The third-order valence-corrected chi connectivity index (χ3v) is 2.42. The second-order valence-electron chi connectivity index (χ2n) is 3.68. The fourth-order valence-corrected chi connectivity index (χ4v) is 1.53. The first-order valence-electron chi connectivity index (χ1n) is 5.40. The summed E-state index contributed by atoms with van der Waals surface area (Å²) in [5.74, 6) is 0. The van der Waals surface area contributed by atoms with Gasteiger partial charge in [-0.05, 0) is 30.7 Å². The highest BCUT2D eigenvalue weighted by atomic mass is 15.3. The van der Waals surface area contributed by atoms with Crippen molar-refractivity contribution in [2.45, 2.75) is 26.3 Å². The van der Waals surface area contributed by atoms with Crippen LogP contribution in [0.1, 0.15) is 25.3 Å². The summed E-state index contributed by atoms with van der Waals surface area (Å²) in [5, 5.41) is 14.1. The molecule has 0 atom stereocenters. The third-order valence-electron chi connectivity index (χ3n) is 2.42. The molecule has 0 aliphatic heterocycles. The van der Waals surface area contributed by atoms with Crippen molar-refractivity contribution in [1.82, 2.24) is 20.7 Å². The monoisotopic (exact) mass is 204 g/mol. The van der Waals surface area contributed by atoms with Crippen molar-refractivity contribution < 1.29 is 0 Å². The second kappa shape index (κ2) is 4.89. The first kappa shape index (κ1) is 10.1. The first-order chi connectivity index (χ1) is 7.40. The molecule has 0 bridgehead atoms. The quantitative estimate of drug-likeness (QED) is 0.731. The Labute approximate surface area is 89.1 Å². The maximum Gasteiger partial charge on any atom is 0.113 e. The van der Waals surface area contributed by atoms with Gasteiger partial charge in [-0.2, -0.15) is 15.4 Å². The van der Waals surface area contributed by atoms with E-state index in [1.165, 1.54) is 18.4 Å². The number of nitrogens with one attached hydrogen (secondary N) is 2. The predicted octanol–water partition coefficient (Wildman–Crippen LogP) is 1.85. The topological polar surface area (TPSA) is 53.6 Å². The van der Waals surface area contributed by atoms with Crippen LogP contribution in [0.25, 0.3) is 11.0 Å². The van der Waals surface area contributed by atoms with Crippen LogP contribution in [0.5, 0.6) is 0 Å². The lowest BCUT2D eigenvalue weighted by molar-refractivity contribution is 0.641. The van der Waals surface area contributed by atoms with Crippen molar-refractivity contribution in [3.63, 3.8) is 0 Å². The summed E-state index contributed by atoms with van der Waals surface area (Å²) in [7, 11) is 0. The summed E-state index contributed by atoms with van der Waals surface area (Å²) in [6, 6.07) is 6.15. The van der Waals surface area contributed by atoms with Crippen molar-refractivity contribution in [2.24, 2.45) is 0 Å². The van der Waals surface area contributed by atoms with Gasteiger partial charge in [0.25, 0.3) is 0 Å². The number of benzene rings is 1. The average Bonchev–Trinajstić information content (AvgIpc) is 2.71. The molecule has 15 heavy (non-hydrogen) atoms. The number of hydrogen-bond acceptors (Lipinski definition) is 3. The van der Waals surface area contributed by atoms with Crippen molar-refractivity contribution in [1.29, 1.82) is 0 Å². The number of aromatic nitrogens is 3. The van der Waals surface area contributed by atoms with Gasteiger partial charge in [0.15, 0.2) is 0 Å². The van der Waals surface area contributed by atoms with Crippen molar-refractivity contribution >= 4 is 11.0 Å². The van der Waals surface area contributed by atoms with Gasteiger partial charge in [-0.1, -0.05) is 19.4 Å². The molecule has 0 unspecified atom stereocenters. The molecule has 80 valence electrons. The van der Waals surface area contributed by atoms with E-state index in [1.807, 2.05) is 6.07 Å². The Bertz CT molecular complexity index is 421. The minimum absolute atomic E-state index is 0.906. The maximum absolute atomic E-state index is 4.06. The van der Waals surface area contributed by atoms with E-state index in [9.17, 15) is 0 Å². The predicted molar refractivity (Wildman–Crippen MR) is 60.5 cm³/mol. The van der Waals surface area contributed by atoms with Gasteiger partial charge in [0, 0.05) is 6.54 Å². The Morgan fingerprint density at radius 2 is 2.13 bits per heavy atom. The minimum atomic E-state index is 0.906. The highest BCUT2D eigenvalue weighted by molar-refractivity contribution is 5.74.